The zero-order chi connectivity index (χ0) is 9.10. The number of nitrogens with zero attached hydrogens (tertiary/aromatic N) is 2. The summed E-state index contributed by atoms with van der Waals surface area (Å²) in [7, 11) is 0. The normalized spacial score (nSPS) is 9.85. The average Bonchev–Trinajstić information content (AvgIpc) is 2.20. The van der Waals surface area contributed by atoms with Gasteiger partial charge in [0, 0.05) is 41.6 Å². The quantitative estimate of drug-likeness (QED) is 0.710. The van der Waals surface area contributed by atoms with Gasteiger partial charge in [-0.15, -0.1) is 0 Å². The molecule has 0 amide bonds. The highest BCUT2D eigenvalue weighted by Gasteiger charge is 2.00. The Morgan fingerprint density at radius 3 is 2.54 bits per heavy atom. The number of anilines is 1. The molecule has 2 aromatic heterocycles. The van der Waals surface area contributed by atoms with Crippen molar-refractivity contribution < 1.29 is 0 Å². The number of pyridine rings is 2. The van der Waals surface area contributed by atoms with Gasteiger partial charge in [-0.05, 0) is 12.1 Å². The summed E-state index contributed by atoms with van der Waals surface area (Å²) in [6.45, 7) is 0. The monoisotopic (exact) mass is 171 g/mol. The topological polar surface area (TPSA) is 51.8 Å². The van der Waals surface area contributed by atoms with Gasteiger partial charge in [0.25, 0.3) is 0 Å². The Labute approximate surface area is 76.3 Å². The summed E-state index contributed by atoms with van der Waals surface area (Å²) in [5, 5.41) is 0. The molecule has 0 aromatic carbocycles. The molecule has 2 heterocycles. The summed E-state index contributed by atoms with van der Waals surface area (Å²) >= 11 is 0. The molecular weight excluding hydrogens is 162 g/mol. The summed E-state index contributed by atoms with van der Waals surface area (Å²) in [6, 6.07) is 5.62. The number of hydrogen-bond donors (Lipinski definition) is 1. The van der Waals surface area contributed by atoms with E-state index in [0.29, 0.717) is 0 Å². The molecule has 0 saturated heterocycles. The molecule has 2 rings (SSSR count). The predicted octanol–water partition coefficient (Wildman–Crippen LogP) is 1.73. The second-order valence-electron chi connectivity index (χ2n) is 2.70. The molecule has 0 unspecified atom stereocenters. The van der Waals surface area contributed by atoms with Gasteiger partial charge < -0.3 is 5.73 Å². The maximum Gasteiger partial charge on any atom is 0.0425 e. The van der Waals surface area contributed by atoms with Crippen LogP contribution in [0.1, 0.15) is 0 Å². The molecule has 0 saturated carbocycles. The van der Waals surface area contributed by atoms with E-state index in [1.165, 1.54) is 0 Å². The molecule has 0 aliphatic rings. The van der Waals surface area contributed by atoms with Crippen LogP contribution in [0.2, 0.25) is 0 Å². The first-order chi connectivity index (χ1) is 6.38. The minimum atomic E-state index is 0.725. The number of nitrogen functional groups attached to an aromatic ring is 1. The zero-order valence-corrected chi connectivity index (χ0v) is 7.01. The second kappa shape index (κ2) is 3.23. The van der Waals surface area contributed by atoms with Crippen LogP contribution in [0.25, 0.3) is 11.1 Å². The number of rotatable bonds is 1. The highest BCUT2D eigenvalue weighted by atomic mass is 14.7. The van der Waals surface area contributed by atoms with Crippen LogP contribution < -0.4 is 5.73 Å². The summed E-state index contributed by atoms with van der Waals surface area (Å²) < 4.78 is 0. The van der Waals surface area contributed by atoms with Crippen molar-refractivity contribution in [3.8, 4) is 11.1 Å². The van der Waals surface area contributed by atoms with Crippen molar-refractivity contribution in [3.05, 3.63) is 43.0 Å². The Morgan fingerprint density at radius 1 is 1.00 bits per heavy atom. The van der Waals surface area contributed by atoms with Crippen LogP contribution in [0.5, 0.6) is 0 Å². The van der Waals surface area contributed by atoms with Crippen LogP contribution in [0.3, 0.4) is 0 Å². The fourth-order valence-corrected chi connectivity index (χ4v) is 1.17. The van der Waals surface area contributed by atoms with Crippen molar-refractivity contribution in [1.82, 2.24) is 9.97 Å². The molecule has 0 radical (unpaired) electrons. The van der Waals surface area contributed by atoms with Gasteiger partial charge >= 0.3 is 0 Å². The fraction of sp³-hybridized carbons (Fsp3) is 0. The number of aromatic nitrogens is 2. The predicted molar refractivity (Wildman–Crippen MR) is 51.9 cm³/mol. The highest BCUT2D eigenvalue weighted by molar-refractivity contribution is 5.74. The Hall–Kier alpha value is -1.90. The van der Waals surface area contributed by atoms with E-state index in [4.69, 9.17) is 5.73 Å². The van der Waals surface area contributed by atoms with Gasteiger partial charge in [0.2, 0.25) is 0 Å². The maximum absolute atomic E-state index is 5.78. The Bertz CT molecular complexity index is 398. The number of nitrogens with two attached hydrogens (primary N) is 1. The van der Waals surface area contributed by atoms with Gasteiger partial charge in [-0.25, -0.2) is 0 Å². The Balaban J connectivity index is 2.54. The largest absolute Gasteiger partial charge is 0.398 e. The zero-order valence-electron chi connectivity index (χ0n) is 7.01. The standard InChI is InChI=1S/C10H9N3/c11-10-3-5-13-7-9(10)8-2-1-4-12-6-8/h1-7H,(H2,11,13). The van der Waals surface area contributed by atoms with Gasteiger partial charge in [0.15, 0.2) is 0 Å². The molecule has 0 aliphatic heterocycles. The maximum atomic E-state index is 5.78. The highest BCUT2D eigenvalue weighted by Crippen LogP contribution is 2.22. The Kier molecular flexibility index (Phi) is 1.92. The van der Waals surface area contributed by atoms with Crippen molar-refractivity contribution >= 4 is 5.69 Å². The molecule has 0 bridgehead atoms. The molecule has 13 heavy (non-hydrogen) atoms. The van der Waals surface area contributed by atoms with E-state index < -0.39 is 0 Å². The van der Waals surface area contributed by atoms with E-state index in [-0.39, 0.29) is 0 Å². The van der Waals surface area contributed by atoms with Crippen molar-refractivity contribution in [3.63, 3.8) is 0 Å². The first-order valence-electron chi connectivity index (χ1n) is 3.98. The van der Waals surface area contributed by atoms with E-state index in [9.17, 15) is 0 Å². The molecule has 0 fully saturated rings. The molecule has 0 atom stereocenters. The summed E-state index contributed by atoms with van der Waals surface area (Å²) in [4.78, 5) is 8.03. The summed E-state index contributed by atoms with van der Waals surface area (Å²) in [5.41, 5.74) is 8.43. The summed E-state index contributed by atoms with van der Waals surface area (Å²) in [6.07, 6.45) is 6.92. The molecule has 2 N–H and O–H groups in total. The van der Waals surface area contributed by atoms with Crippen molar-refractivity contribution in [2.24, 2.45) is 0 Å². The van der Waals surface area contributed by atoms with Crippen molar-refractivity contribution in [1.29, 1.82) is 0 Å². The molecule has 3 nitrogen and oxygen atoms in total. The second-order valence-corrected chi connectivity index (χ2v) is 2.70. The lowest BCUT2D eigenvalue weighted by Crippen LogP contribution is -1.90. The lowest BCUT2D eigenvalue weighted by molar-refractivity contribution is 1.30. The van der Waals surface area contributed by atoms with Gasteiger partial charge in [-0.1, -0.05) is 6.07 Å². The number of hydrogen-bond acceptors (Lipinski definition) is 3. The lowest BCUT2D eigenvalue weighted by Gasteiger charge is -2.02. The average molecular weight is 171 g/mol. The third-order valence-electron chi connectivity index (χ3n) is 1.83. The van der Waals surface area contributed by atoms with Crippen LogP contribution in [0.15, 0.2) is 43.0 Å². The molecule has 3 heteroatoms. The van der Waals surface area contributed by atoms with Crippen molar-refractivity contribution in [2.75, 3.05) is 5.73 Å². The van der Waals surface area contributed by atoms with E-state index in [1.807, 2.05) is 12.1 Å². The van der Waals surface area contributed by atoms with Crippen LogP contribution in [0, 0.1) is 0 Å². The van der Waals surface area contributed by atoms with Gasteiger partial charge in [0.05, 0.1) is 0 Å². The first kappa shape index (κ1) is 7.73. The molecule has 64 valence electrons. The minimum absolute atomic E-state index is 0.725. The van der Waals surface area contributed by atoms with Crippen LogP contribution in [0.4, 0.5) is 5.69 Å². The first-order valence-corrected chi connectivity index (χ1v) is 3.98. The molecule has 0 spiro atoms. The van der Waals surface area contributed by atoms with Gasteiger partial charge in [-0.3, -0.25) is 9.97 Å². The third-order valence-corrected chi connectivity index (χ3v) is 1.83. The van der Waals surface area contributed by atoms with Gasteiger partial charge in [-0.2, -0.15) is 0 Å². The van der Waals surface area contributed by atoms with Crippen molar-refractivity contribution in [2.45, 2.75) is 0 Å². The molecular formula is C10H9N3. The smallest absolute Gasteiger partial charge is 0.0425 e. The van der Waals surface area contributed by atoms with E-state index >= 15 is 0 Å². The van der Waals surface area contributed by atoms with E-state index in [1.54, 1.807) is 30.9 Å². The van der Waals surface area contributed by atoms with E-state index in [2.05, 4.69) is 9.97 Å². The van der Waals surface area contributed by atoms with Crippen LogP contribution in [-0.4, -0.2) is 9.97 Å². The van der Waals surface area contributed by atoms with E-state index in [0.717, 1.165) is 16.8 Å². The van der Waals surface area contributed by atoms with Crippen LogP contribution >= 0.6 is 0 Å². The molecule has 0 aliphatic carbocycles. The fourth-order valence-electron chi connectivity index (χ4n) is 1.17. The summed E-state index contributed by atoms with van der Waals surface area (Å²) in [5.74, 6) is 0. The van der Waals surface area contributed by atoms with Gasteiger partial charge in [0.1, 0.15) is 0 Å². The Morgan fingerprint density at radius 2 is 1.85 bits per heavy atom. The minimum Gasteiger partial charge on any atom is -0.398 e. The van der Waals surface area contributed by atoms with Crippen LogP contribution in [-0.2, 0) is 0 Å². The lowest BCUT2D eigenvalue weighted by atomic mass is 10.1. The third kappa shape index (κ3) is 1.49. The SMILES string of the molecule is Nc1ccncc1-c1cccnc1. The molecule has 2 aromatic rings.